The molecular weight excluding hydrogens is 454 g/mol. The van der Waals surface area contributed by atoms with Gasteiger partial charge < -0.3 is 14.6 Å². The second-order valence-electron chi connectivity index (χ2n) is 5.06. The molecule has 0 saturated carbocycles. The lowest BCUT2D eigenvalue weighted by Crippen LogP contribution is -2.43. The van der Waals surface area contributed by atoms with Crippen LogP contribution in [0.1, 0.15) is 12.5 Å². The molecule has 2 aromatic carbocycles. The summed E-state index contributed by atoms with van der Waals surface area (Å²) >= 11 is 24.5. The molecule has 2 rings (SSSR count). The third-order valence-corrected chi connectivity index (χ3v) is 5.14. The molecule has 4 N–H and O–H groups in total. The van der Waals surface area contributed by atoms with Crippen LogP contribution >= 0.6 is 58.2 Å². The summed E-state index contributed by atoms with van der Waals surface area (Å²) in [5.41, 5.74) is 6.36. The predicted octanol–water partition coefficient (Wildman–Crippen LogP) is 2.81. The van der Waals surface area contributed by atoms with Gasteiger partial charge in [0, 0.05) is 16.8 Å². The van der Waals surface area contributed by atoms with Crippen molar-refractivity contribution in [1.82, 2.24) is 0 Å². The summed E-state index contributed by atoms with van der Waals surface area (Å²) in [4.78, 5) is 10.4. The molecule has 146 valence electrons. The van der Waals surface area contributed by atoms with Crippen LogP contribution < -0.4 is 21.0 Å². The van der Waals surface area contributed by atoms with Crippen LogP contribution in [0, 0.1) is 0 Å². The topological polar surface area (TPSA) is 101 Å². The zero-order valence-corrected chi connectivity index (χ0v) is 17.9. The minimum atomic E-state index is -1.34. The minimum Gasteiger partial charge on any atom is -0.546 e. The number of amidine groups is 1. The van der Waals surface area contributed by atoms with Crippen molar-refractivity contribution < 1.29 is 20.0 Å². The van der Waals surface area contributed by atoms with Crippen molar-refractivity contribution in [2.45, 2.75) is 18.8 Å². The maximum absolute atomic E-state index is 10.4. The number of carboxylic acids is 1. The molecule has 0 aliphatic carbocycles. The van der Waals surface area contributed by atoms with E-state index in [0.717, 1.165) is 16.3 Å². The molecule has 5 nitrogen and oxygen atoms in total. The number of ether oxygens (including phenoxy) is 1. The summed E-state index contributed by atoms with van der Waals surface area (Å²) in [5.74, 6) is -0.456. The fraction of sp³-hybridized carbons (Fsp3) is 0.176. The first kappa shape index (κ1) is 23.7. The molecule has 2 aromatic rings. The second-order valence-corrected chi connectivity index (χ2v) is 7.74. The summed E-state index contributed by atoms with van der Waals surface area (Å²) in [5, 5.41) is 17.6. The Balaban J connectivity index is 0.000000277. The number of carboxylic acid groups (broad SMARTS) is 1. The van der Waals surface area contributed by atoms with Gasteiger partial charge in [0.05, 0.1) is 21.0 Å². The van der Waals surface area contributed by atoms with Crippen molar-refractivity contribution in [3.63, 3.8) is 0 Å². The Morgan fingerprint density at radius 1 is 1.15 bits per heavy atom. The Hall–Kier alpha value is -1.31. The summed E-state index contributed by atoms with van der Waals surface area (Å²) in [6.45, 7) is 1.33. The first-order valence-corrected chi connectivity index (χ1v) is 9.87. The first-order valence-electron chi connectivity index (χ1n) is 7.38. The van der Waals surface area contributed by atoms with Gasteiger partial charge in [0.25, 0.3) is 5.17 Å². The van der Waals surface area contributed by atoms with Crippen LogP contribution in [0.2, 0.25) is 20.1 Å². The Bertz CT molecular complexity index is 821. The zero-order chi connectivity index (χ0) is 20.6. The molecule has 27 heavy (non-hydrogen) atoms. The number of carbonyl (C=O) groups is 1. The number of nitrogens with two attached hydrogens (primary N) is 2. The smallest absolute Gasteiger partial charge is 0.300 e. The number of thioether (sulfide) groups is 1. The van der Waals surface area contributed by atoms with Gasteiger partial charge in [-0.2, -0.15) is 0 Å². The van der Waals surface area contributed by atoms with E-state index in [9.17, 15) is 9.90 Å². The molecule has 0 aliphatic heterocycles. The zero-order valence-electron chi connectivity index (χ0n) is 14.0. The molecule has 0 radical (unpaired) electrons. The highest BCUT2D eigenvalue weighted by molar-refractivity contribution is 8.12. The molecule has 0 saturated heterocycles. The highest BCUT2D eigenvalue weighted by Gasteiger charge is 2.11. The summed E-state index contributed by atoms with van der Waals surface area (Å²) in [7, 11) is 0. The summed E-state index contributed by atoms with van der Waals surface area (Å²) in [6.07, 6.45) is -1.11. The lowest BCUT2D eigenvalue weighted by Gasteiger charge is -2.16. The summed E-state index contributed by atoms with van der Waals surface area (Å²) < 4.78 is 5.01. The molecular formula is C17H16Cl4N2O3S. The molecule has 0 heterocycles. The monoisotopic (exact) mass is 468 g/mol. The minimum absolute atomic E-state index is 0.155. The molecule has 0 aliphatic rings. The normalized spacial score (nSPS) is 11.1. The van der Waals surface area contributed by atoms with E-state index >= 15 is 0 Å². The molecule has 1 atom stereocenters. The van der Waals surface area contributed by atoms with Crippen LogP contribution in [0.3, 0.4) is 0 Å². The summed E-state index contributed by atoms with van der Waals surface area (Å²) in [6, 6.07) is 10.4. The Morgan fingerprint density at radius 3 is 2.30 bits per heavy atom. The fourth-order valence-electron chi connectivity index (χ4n) is 1.61. The van der Waals surface area contributed by atoms with Gasteiger partial charge in [0.2, 0.25) is 0 Å². The van der Waals surface area contributed by atoms with Gasteiger partial charge in [-0.05, 0) is 36.4 Å². The number of rotatable bonds is 5. The van der Waals surface area contributed by atoms with Gasteiger partial charge >= 0.3 is 0 Å². The molecule has 10 heteroatoms. The average molecular weight is 470 g/mol. The number of hydrogen-bond acceptors (Lipinski definition) is 4. The standard InChI is InChI=1S/C9H7Cl3O3.C8H9ClN2S/c1-4(9(13)14)15-8-3-6(11)5(10)2-7(8)12;9-7-4-2-1-3-6(7)5-12-8(10)11/h2-4H,1H3,(H,13,14);1-4H,5H2,(H3,10,11). The SMILES string of the molecule is CC(Oc1cc(Cl)c(Cl)cc1Cl)C(=O)[O-].NC(=[NH2+])SCc1ccccc1Cl. The molecule has 1 unspecified atom stereocenters. The van der Waals surface area contributed by atoms with Crippen LogP contribution in [-0.4, -0.2) is 17.2 Å². The maximum atomic E-state index is 10.4. The largest absolute Gasteiger partial charge is 0.546 e. The number of carbonyl (C=O) groups excluding carboxylic acids is 1. The Kier molecular flexibility index (Phi) is 10.1. The van der Waals surface area contributed by atoms with Crippen molar-refractivity contribution in [2.24, 2.45) is 5.73 Å². The number of aliphatic carboxylic acids is 1. The van der Waals surface area contributed by atoms with Gasteiger partial charge in [0.15, 0.2) is 0 Å². The van der Waals surface area contributed by atoms with E-state index in [2.05, 4.69) is 0 Å². The van der Waals surface area contributed by atoms with Crippen molar-refractivity contribution in [2.75, 3.05) is 0 Å². The lowest BCUT2D eigenvalue weighted by molar-refractivity contribution is -0.312. The molecule has 0 bridgehead atoms. The van der Waals surface area contributed by atoms with E-state index < -0.39 is 12.1 Å². The quantitative estimate of drug-likeness (QED) is 0.398. The van der Waals surface area contributed by atoms with Crippen molar-refractivity contribution in [3.8, 4) is 5.75 Å². The first-order chi connectivity index (χ1) is 12.6. The van der Waals surface area contributed by atoms with E-state index in [4.69, 9.17) is 62.3 Å². The van der Waals surface area contributed by atoms with Crippen LogP contribution in [0.15, 0.2) is 36.4 Å². The van der Waals surface area contributed by atoms with Crippen LogP contribution in [-0.2, 0) is 10.5 Å². The van der Waals surface area contributed by atoms with E-state index in [-0.39, 0.29) is 20.8 Å². The number of benzene rings is 2. The van der Waals surface area contributed by atoms with Gasteiger partial charge in [-0.3, -0.25) is 11.1 Å². The predicted molar refractivity (Wildman–Crippen MR) is 110 cm³/mol. The van der Waals surface area contributed by atoms with E-state index in [1.807, 2.05) is 24.3 Å². The Morgan fingerprint density at radius 2 is 1.74 bits per heavy atom. The average Bonchev–Trinajstić information content (AvgIpc) is 2.59. The lowest BCUT2D eigenvalue weighted by atomic mass is 10.2. The highest BCUT2D eigenvalue weighted by Crippen LogP contribution is 2.34. The molecule has 0 spiro atoms. The van der Waals surface area contributed by atoms with Gasteiger partial charge in [-0.1, -0.05) is 64.6 Å². The number of hydrogen-bond donors (Lipinski definition) is 2. The van der Waals surface area contributed by atoms with Gasteiger partial charge in [-0.15, -0.1) is 0 Å². The third kappa shape index (κ3) is 8.49. The highest BCUT2D eigenvalue weighted by atomic mass is 35.5. The number of halogens is 4. The van der Waals surface area contributed by atoms with Crippen LogP contribution in [0.25, 0.3) is 0 Å². The van der Waals surface area contributed by atoms with Crippen molar-refractivity contribution >= 4 is 69.3 Å². The van der Waals surface area contributed by atoms with E-state index in [1.54, 1.807) is 0 Å². The maximum Gasteiger partial charge on any atom is 0.300 e. The Labute approximate surface area is 181 Å². The van der Waals surface area contributed by atoms with Crippen LogP contribution in [0.4, 0.5) is 0 Å². The third-order valence-electron chi connectivity index (χ3n) is 2.96. The van der Waals surface area contributed by atoms with Gasteiger partial charge in [-0.25, -0.2) is 0 Å². The molecule has 0 aromatic heterocycles. The fourth-order valence-corrected chi connectivity index (χ4v) is 3.05. The van der Waals surface area contributed by atoms with Gasteiger partial charge in [0.1, 0.15) is 11.9 Å². The molecule has 0 fully saturated rings. The second kappa shape index (κ2) is 11.5. The van der Waals surface area contributed by atoms with Crippen molar-refractivity contribution in [3.05, 3.63) is 62.1 Å². The van der Waals surface area contributed by atoms with Crippen LogP contribution in [0.5, 0.6) is 5.75 Å². The van der Waals surface area contributed by atoms with E-state index in [1.165, 1.54) is 30.8 Å². The molecule has 0 amide bonds. The van der Waals surface area contributed by atoms with Crippen molar-refractivity contribution in [1.29, 1.82) is 0 Å². The van der Waals surface area contributed by atoms with E-state index in [0.29, 0.717) is 5.17 Å².